The zero-order chi connectivity index (χ0) is 13.4. The summed E-state index contributed by atoms with van der Waals surface area (Å²) in [6.45, 7) is 0.784. The van der Waals surface area contributed by atoms with Crippen LogP contribution in [-0.4, -0.2) is 29.8 Å². The van der Waals surface area contributed by atoms with E-state index in [0.717, 1.165) is 18.7 Å². The van der Waals surface area contributed by atoms with E-state index in [2.05, 4.69) is 5.32 Å². The van der Waals surface area contributed by atoms with E-state index in [9.17, 15) is 4.79 Å². The molecule has 1 saturated carbocycles. The van der Waals surface area contributed by atoms with Crippen LogP contribution in [0.5, 0.6) is 0 Å². The molecule has 2 fully saturated rings. The summed E-state index contributed by atoms with van der Waals surface area (Å²) in [6.07, 6.45) is 3.74. The minimum Gasteiger partial charge on any atom is -0.478 e. The topological polar surface area (TPSA) is 84.6 Å². The Kier molecular flexibility index (Phi) is 3.06. The van der Waals surface area contributed by atoms with E-state index < -0.39 is 5.97 Å². The number of hydrogen-bond acceptors (Lipinski definition) is 4. The van der Waals surface area contributed by atoms with Gasteiger partial charge in [-0.15, -0.1) is 0 Å². The Balaban J connectivity index is 1.73. The fourth-order valence-corrected chi connectivity index (χ4v) is 2.68. The second kappa shape index (κ2) is 4.74. The van der Waals surface area contributed by atoms with Gasteiger partial charge in [-0.05, 0) is 43.4 Å². The van der Waals surface area contributed by atoms with E-state index in [-0.39, 0.29) is 17.7 Å². The average Bonchev–Trinajstić information content (AvgIpc) is 3.12. The lowest BCUT2D eigenvalue weighted by Crippen LogP contribution is -2.31. The molecule has 2 atom stereocenters. The average molecular weight is 262 g/mol. The van der Waals surface area contributed by atoms with Gasteiger partial charge >= 0.3 is 5.97 Å². The molecule has 1 heterocycles. The minimum atomic E-state index is -0.960. The Morgan fingerprint density at radius 2 is 2.16 bits per heavy atom. The first-order valence-corrected chi connectivity index (χ1v) is 6.66. The highest BCUT2D eigenvalue weighted by Gasteiger charge is 2.40. The van der Waals surface area contributed by atoms with Crippen molar-refractivity contribution in [3.8, 4) is 0 Å². The molecule has 1 aromatic carbocycles. The molecule has 0 amide bonds. The van der Waals surface area contributed by atoms with Crippen LogP contribution in [0.1, 0.15) is 29.6 Å². The van der Waals surface area contributed by atoms with Crippen LogP contribution in [0.15, 0.2) is 18.2 Å². The number of anilines is 2. The molecule has 1 aliphatic heterocycles. The summed E-state index contributed by atoms with van der Waals surface area (Å²) in [5, 5.41) is 12.3. The number of rotatable bonds is 4. The third-order valence-electron chi connectivity index (χ3n) is 3.86. The van der Waals surface area contributed by atoms with Crippen molar-refractivity contribution in [2.24, 2.45) is 5.92 Å². The second-order valence-electron chi connectivity index (χ2n) is 5.32. The van der Waals surface area contributed by atoms with Crippen molar-refractivity contribution in [2.75, 3.05) is 17.7 Å². The van der Waals surface area contributed by atoms with Gasteiger partial charge in [-0.3, -0.25) is 0 Å². The number of hydrogen-bond donors (Lipinski definition) is 3. The molecule has 1 aliphatic carbocycles. The molecule has 5 heteroatoms. The van der Waals surface area contributed by atoms with Crippen molar-refractivity contribution in [3.05, 3.63) is 23.8 Å². The van der Waals surface area contributed by atoms with Crippen molar-refractivity contribution in [1.82, 2.24) is 0 Å². The monoisotopic (exact) mass is 262 g/mol. The Morgan fingerprint density at radius 3 is 2.79 bits per heavy atom. The molecule has 4 N–H and O–H groups in total. The minimum absolute atomic E-state index is 0.212. The highest BCUT2D eigenvalue weighted by Crippen LogP contribution is 2.40. The smallest absolute Gasteiger partial charge is 0.335 e. The number of nitrogens with one attached hydrogen (secondary N) is 1. The second-order valence-corrected chi connectivity index (χ2v) is 5.32. The molecule has 3 rings (SSSR count). The van der Waals surface area contributed by atoms with Gasteiger partial charge in [-0.2, -0.15) is 0 Å². The van der Waals surface area contributed by atoms with E-state index in [0.29, 0.717) is 11.6 Å². The molecule has 102 valence electrons. The maximum atomic E-state index is 10.9. The maximum absolute atomic E-state index is 10.9. The Bertz CT molecular complexity index is 499. The molecule has 19 heavy (non-hydrogen) atoms. The summed E-state index contributed by atoms with van der Waals surface area (Å²) >= 11 is 0. The van der Waals surface area contributed by atoms with Gasteiger partial charge in [-0.1, -0.05) is 0 Å². The Morgan fingerprint density at radius 1 is 1.37 bits per heavy atom. The zero-order valence-electron chi connectivity index (χ0n) is 10.6. The first-order valence-electron chi connectivity index (χ1n) is 6.66. The van der Waals surface area contributed by atoms with E-state index in [1.165, 1.54) is 18.9 Å². The number of carboxylic acid groups (broad SMARTS) is 1. The van der Waals surface area contributed by atoms with Gasteiger partial charge in [0.25, 0.3) is 0 Å². The van der Waals surface area contributed by atoms with Crippen LogP contribution >= 0.6 is 0 Å². The molecule has 1 aromatic rings. The van der Waals surface area contributed by atoms with Crippen molar-refractivity contribution in [1.29, 1.82) is 0 Å². The van der Waals surface area contributed by atoms with Gasteiger partial charge in [0, 0.05) is 6.61 Å². The van der Waals surface area contributed by atoms with Crippen molar-refractivity contribution in [3.63, 3.8) is 0 Å². The summed E-state index contributed by atoms with van der Waals surface area (Å²) in [7, 11) is 0. The lowest BCUT2D eigenvalue weighted by atomic mass is 10.1. The highest BCUT2D eigenvalue weighted by atomic mass is 16.5. The first-order chi connectivity index (χ1) is 9.15. The predicted octanol–water partition coefficient (Wildman–Crippen LogP) is 1.95. The van der Waals surface area contributed by atoms with Crippen molar-refractivity contribution in [2.45, 2.75) is 31.4 Å². The van der Waals surface area contributed by atoms with Crippen LogP contribution < -0.4 is 11.1 Å². The Labute approximate surface area is 111 Å². The summed E-state index contributed by atoms with van der Waals surface area (Å²) in [5.74, 6) is -0.280. The predicted molar refractivity (Wildman–Crippen MR) is 72.3 cm³/mol. The number of ether oxygens (including phenoxy) is 1. The molecule has 0 bridgehead atoms. The summed E-state index contributed by atoms with van der Waals surface area (Å²) < 4.78 is 5.77. The van der Waals surface area contributed by atoms with Crippen LogP contribution in [-0.2, 0) is 4.74 Å². The summed E-state index contributed by atoms with van der Waals surface area (Å²) in [6, 6.07) is 5.09. The standard InChI is InChI=1S/C14H18N2O3/c15-10-7-9(14(17)18)3-4-11(10)16-12-5-6-19-13(12)8-1-2-8/h3-4,7-8,12-13,16H,1-2,5-6,15H2,(H,17,18). The largest absolute Gasteiger partial charge is 0.478 e. The maximum Gasteiger partial charge on any atom is 0.335 e. The van der Waals surface area contributed by atoms with Crippen LogP contribution in [0.2, 0.25) is 0 Å². The van der Waals surface area contributed by atoms with Gasteiger partial charge in [0.15, 0.2) is 0 Å². The van der Waals surface area contributed by atoms with Gasteiger partial charge in [0.2, 0.25) is 0 Å². The fraction of sp³-hybridized carbons (Fsp3) is 0.500. The number of carboxylic acids is 1. The molecular formula is C14H18N2O3. The molecule has 0 aromatic heterocycles. The fourth-order valence-electron chi connectivity index (χ4n) is 2.68. The lowest BCUT2D eigenvalue weighted by Gasteiger charge is -2.21. The van der Waals surface area contributed by atoms with Gasteiger partial charge in [0.05, 0.1) is 29.1 Å². The van der Waals surface area contributed by atoms with E-state index in [1.807, 2.05) is 0 Å². The van der Waals surface area contributed by atoms with Crippen molar-refractivity contribution >= 4 is 17.3 Å². The SMILES string of the molecule is Nc1cc(C(=O)O)ccc1NC1CCOC1C1CC1. The number of benzene rings is 1. The van der Waals surface area contributed by atoms with Crippen LogP contribution in [0, 0.1) is 5.92 Å². The van der Waals surface area contributed by atoms with E-state index in [4.69, 9.17) is 15.6 Å². The zero-order valence-corrected chi connectivity index (χ0v) is 10.6. The Hall–Kier alpha value is -1.75. The van der Waals surface area contributed by atoms with E-state index in [1.54, 1.807) is 12.1 Å². The molecule has 0 spiro atoms. The molecule has 1 saturated heterocycles. The first kappa shape index (κ1) is 12.3. The number of nitrogen functional groups attached to an aromatic ring is 1. The van der Waals surface area contributed by atoms with Gasteiger partial charge in [0.1, 0.15) is 0 Å². The molecular weight excluding hydrogens is 244 g/mol. The molecule has 0 radical (unpaired) electrons. The highest BCUT2D eigenvalue weighted by molar-refractivity contribution is 5.90. The summed E-state index contributed by atoms with van der Waals surface area (Å²) in [4.78, 5) is 10.9. The number of carbonyl (C=O) groups is 1. The molecule has 5 nitrogen and oxygen atoms in total. The quantitative estimate of drug-likeness (QED) is 0.722. The van der Waals surface area contributed by atoms with E-state index >= 15 is 0 Å². The molecule has 2 aliphatic rings. The van der Waals surface area contributed by atoms with Crippen molar-refractivity contribution < 1.29 is 14.6 Å². The van der Waals surface area contributed by atoms with Gasteiger partial charge < -0.3 is 20.9 Å². The van der Waals surface area contributed by atoms with Crippen LogP contribution in [0.4, 0.5) is 11.4 Å². The lowest BCUT2D eigenvalue weighted by molar-refractivity contribution is 0.0697. The molecule has 2 unspecified atom stereocenters. The number of aromatic carboxylic acids is 1. The normalized spacial score (nSPS) is 26.3. The van der Waals surface area contributed by atoms with Crippen LogP contribution in [0.3, 0.4) is 0 Å². The van der Waals surface area contributed by atoms with Crippen LogP contribution in [0.25, 0.3) is 0 Å². The third-order valence-corrected chi connectivity index (χ3v) is 3.86. The third kappa shape index (κ3) is 2.51. The van der Waals surface area contributed by atoms with Gasteiger partial charge in [-0.25, -0.2) is 4.79 Å². The summed E-state index contributed by atoms with van der Waals surface area (Å²) in [5.41, 5.74) is 7.39. The number of nitrogens with two attached hydrogens (primary N) is 1.